The lowest BCUT2D eigenvalue weighted by molar-refractivity contribution is -0.132. The van der Waals surface area contributed by atoms with Crippen molar-refractivity contribution in [3.8, 4) is 5.75 Å². The zero-order chi connectivity index (χ0) is 20.8. The number of piperidine rings is 1. The Labute approximate surface area is 176 Å². The lowest BCUT2D eigenvalue weighted by Crippen LogP contribution is -2.39. The van der Waals surface area contributed by atoms with Crippen LogP contribution in [0.3, 0.4) is 0 Å². The van der Waals surface area contributed by atoms with Crippen LogP contribution in [0.4, 0.5) is 0 Å². The van der Waals surface area contributed by atoms with Gasteiger partial charge in [-0.3, -0.25) is 4.79 Å². The highest BCUT2D eigenvalue weighted by Crippen LogP contribution is 2.25. The molecule has 0 N–H and O–H groups in total. The standard InChI is InChI=1S/C22H27ClN2O4/c1-16-15-18(7-8-19(16)23)29-14-4-6-21(26)24-12-9-17(10-13-24)25-11-3-5-20(25)22(27)28-2/h3,5,7-8,11,15,17H,4,6,9-10,12-14H2,1-2H3. The summed E-state index contributed by atoms with van der Waals surface area (Å²) in [4.78, 5) is 26.3. The number of esters is 1. The molecule has 0 saturated carbocycles. The molecule has 1 aromatic heterocycles. The Morgan fingerprint density at radius 1 is 1.21 bits per heavy atom. The van der Waals surface area contributed by atoms with Gasteiger partial charge in [0.25, 0.3) is 0 Å². The maximum Gasteiger partial charge on any atom is 0.354 e. The molecule has 6 nitrogen and oxygen atoms in total. The van der Waals surface area contributed by atoms with Gasteiger partial charge in [0.2, 0.25) is 5.91 Å². The molecule has 0 unspecified atom stereocenters. The predicted molar refractivity (Wildman–Crippen MR) is 112 cm³/mol. The summed E-state index contributed by atoms with van der Waals surface area (Å²) in [5.74, 6) is 0.595. The predicted octanol–water partition coefficient (Wildman–Crippen LogP) is 4.26. The molecular weight excluding hydrogens is 392 g/mol. The van der Waals surface area contributed by atoms with E-state index in [2.05, 4.69) is 0 Å². The van der Waals surface area contributed by atoms with Crippen molar-refractivity contribution in [1.82, 2.24) is 9.47 Å². The molecule has 1 saturated heterocycles. The molecule has 2 aromatic rings. The highest BCUT2D eigenvalue weighted by Gasteiger charge is 2.25. The molecule has 1 aromatic carbocycles. The van der Waals surface area contributed by atoms with Gasteiger partial charge in [-0.2, -0.15) is 0 Å². The second-order valence-electron chi connectivity index (χ2n) is 7.27. The molecule has 0 aliphatic carbocycles. The van der Waals surface area contributed by atoms with Gasteiger partial charge in [0.05, 0.1) is 13.7 Å². The van der Waals surface area contributed by atoms with E-state index in [-0.39, 0.29) is 17.9 Å². The van der Waals surface area contributed by atoms with Crippen molar-refractivity contribution in [2.45, 2.75) is 38.6 Å². The number of rotatable bonds is 7. The molecule has 1 amide bonds. The van der Waals surface area contributed by atoms with Gasteiger partial charge in [-0.15, -0.1) is 0 Å². The highest BCUT2D eigenvalue weighted by atomic mass is 35.5. The topological polar surface area (TPSA) is 60.8 Å². The van der Waals surface area contributed by atoms with E-state index in [0.29, 0.717) is 38.2 Å². The Bertz CT molecular complexity index is 856. The Kier molecular flexibility index (Phi) is 7.20. The van der Waals surface area contributed by atoms with Crippen molar-refractivity contribution in [2.75, 3.05) is 26.8 Å². The number of halogens is 1. The quantitative estimate of drug-likeness (QED) is 0.498. The minimum Gasteiger partial charge on any atom is -0.494 e. The van der Waals surface area contributed by atoms with Crippen LogP contribution in [0, 0.1) is 6.92 Å². The first-order chi connectivity index (χ1) is 14.0. The average molecular weight is 419 g/mol. The fourth-order valence-electron chi connectivity index (χ4n) is 3.66. The number of aromatic nitrogens is 1. The molecule has 29 heavy (non-hydrogen) atoms. The summed E-state index contributed by atoms with van der Waals surface area (Å²) >= 11 is 6.01. The van der Waals surface area contributed by atoms with E-state index in [0.717, 1.165) is 29.2 Å². The molecule has 7 heteroatoms. The van der Waals surface area contributed by atoms with Crippen molar-refractivity contribution in [2.24, 2.45) is 0 Å². The number of hydrogen-bond donors (Lipinski definition) is 0. The number of amides is 1. The molecule has 1 aliphatic rings. The number of ether oxygens (including phenoxy) is 2. The van der Waals surface area contributed by atoms with Gasteiger partial charge in [-0.1, -0.05) is 11.6 Å². The zero-order valence-electron chi connectivity index (χ0n) is 16.9. The fraction of sp³-hybridized carbons (Fsp3) is 0.455. The van der Waals surface area contributed by atoms with Gasteiger partial charge in [-0.05, 0) is 62.1 Å². The maximum atomic E-state index is 12.5. The average Bonchev–Trinajstić information content (AvgIpc) is 3.23. The van der Waals surface area contributed by atoms with E-state index < -0.39 is 0 Å². The van der Waals surface area contributed by atoms with Crippen molar-refractivity contribution < 1.29 is 19.1 Å². The summed E-state index contributed by atoms with van der Waals surface area (Å²) in [5.41, 5.74) is 1.54. The molecule has 156 valence electrons. The second-order valence-corrected chi connectivity index (χ2v) is 7.67. The van der Waals surface area contributed by atoms with Crippen molar-refractivity contribution in [3.05, 3.63) is 52.8 Å². The zero-order valence-corrected chi connectivity index (χ0v) is 17.7. The first kappa shape index (κ1) is 21.2. The summed E-state index contributed by atoms with van der Waals surface area (Å²) < 4.78 is 12.5. The van der Waals surface area contributed by atoms with Crippen LogP contribution in [0.25, 0.3) is 0 Å². The summed E-state index contributed by atoms with van der Waals surface area (Å²) in [5, 5.41) is 0.717. The summed E-state index contributed by atoms with van der Waals surface area (Å²) in [6, 6.07) is 9.39. The number of benzene rings is 1. The van der Waals surface area contributed by atoms with Gasteiger partial charge < -0.3 is 18.9 Å². The highest BCUT2D eigenvalue weighted by molar-refractivity contribution is 6.31. The summed E-state index contributed by atoms with van der Waals surface area (Å²) in [7, 11) is 1.39. The molecule has 0 radical (unpaired) electrons. The Hall–Kier alpha value is -2.47. The summed E-state index contributed by atoms with van der Waals surface area (Å²) in [6.07, 6.45) is 4.69. The number of methoxy groups -OCH3 is 1. The van der Waals surface area contributed by atoms with Crippen LogP contribution in [0.15, 0.2) is 36.5 Å². The van der Waals surface area contributed by atoms with E-state index in [9.17, 15) is 9.59 Å². The van der Waals surface area contributed by atoms with E-state index in [1.54, 1.807) is 6.07 Å². The molecule has 0 spiro atoms. The van der Waals surface area contributed by atoms with Crippen LogP contribution in [0.2, 0.25) is 5.02 Å². The van der Waals surface area contributed by atoms with Crippen LogP contribution in [-0.2, 0) is 9.53 Å². The van der Waals surface area contributed by atoms with Gasteiger partial charge >= 0.3 is 5.97 Å². The normalized spacial score (nSPS) is 14.7. The summed E-state index contributed by atoms with van der Waals surface area (Å²) in [6.45, 7) is 3.82. The number of carbonyl (C=O) groups is 2. The third-order valence-corrected chi connectivity index (χ3v) is 5.74. The number of carbonyl (C=O) groups excluding carboxylic acids is 2. The Morgan fingerprint density at radius 3 is 2.66 bits per heavy atom. The van der Waals surface area contributed by atoms with Gasteiger partial charge in [0.1, 0.15) is 11.4 Å². The van der Waals surface area contributed by atoms with Crippen molar-refractivity contribution in [3.63, 3.8) is 0 Å². The molecule has 2 heterocycles. The number of likely N-dealkylation sites (tertiary alicyclic amines) is 1. The lowest BCUT2D eigenvalue weighted by atomic mass is 10.0. The Morgan fingerprint density at radius 2 is 1.97 bits per heavy atom. The molecule has 0 atom stereocenters. The minimum absolute atomic E-state index is 0.153. The molecule has 3 rings (SSSR count). The van der Waals surface area contributed by atoms with Crippen LogP contribution in [0.5, 0.6) is 5.75 Å². The third kappa shape index (κ3) is 5.32. The lowest BCUT2D eigenvalue weighted by Gasteiger charge is -2.33. The third-order valence-electron chi connectivity index (χ3n) is 5.32. The van der Waals surface area contributed by atoms with Crippen LogP contribution >= 0.6 is 11.6 Å². The first-order valence-electron chi connectivity index (χ1n) is 9.91. The van der Waals surface area contributed by atoms with Crippen LogP contribution < -0.4 is 4.74 Å². The maximum absolute atomic E-state index is 12.5. The van der Waals surface area contributed by atoms with E-state index in [1.165, 1.54) is 7.11 Å². The number of aryl methyl sites for hydroxylation is 1. The van der Waals surface area contributed by atoms with E-state index >= 15 is 0 Å². The van der Waals surface area contributed by atoms with E-state index in [1.807, 2.05) is 46.9 Å². The number of hydrogen-bond acceptors (Lipinski definition) is 4. The molecule has 1 fully saturated rings. The monoisotopic (exact) mass is 418 g/mol. The largest absolute Gasteiger partial charge is 0.494 e. The SMILES string of the molecule is COC(=O)c1cccn1C1CCN(C(=O)CCCOc2ccc(Cl)c(C)c2)CC1. The molecule has 1 aliphatic heterocycles. The first-order valence-corrected chi connectivity index (χ1v) is 10.3. The second kappa shape index (κ2) is 9.83. The Balaban J connectivity index is 1.41. The van der Waals surface area contributed by atoms with Gasteiger partial charge in [0.15, 0.2) is 0 Å². The fourth-order valence-corrected chi connectivity index (χ4v) is 3.78. The molecule has 0 bridgehead atoms. The number of nitrogens with zero attached hydrogens (tertiary/aromatic N) is 2. The smallest absolute Gasteiger partial charge is 0.354 e. The van der Waals surface area contributed by atoms with Crippen LogP contribution in [0.1, 0.15) is 47.8 Å². The van der Waals surface area contributed by atoms with E-state index in [4.69, 9.17) is 21.1 Å². The molecular formula is C22H27ClN2O4. The van der Waals surface area contributed by atoms with Crippen molar-refractivity contribution >= 4 is 23.5 Å². The van der Waals surface area contributed by atoms with Gasteiger partial charge in [0, 0.05) is 36.8 Å². The van der Waals surface area contributed by atoms with Gasteiger partial charge in [-0.25, -0.2) is 4.79 Å². The van der Waals surface area contributed by atoms with Crippen molar-refractivity contribution in [1.29, 1.82) is 0 Å². The van der Waals surface area contributed by atoms with Crippen LogP contribution in [-0.4, -0.2) is 48.1 Å². The minimum atomic E-state index is -0.329.